The first kappa shape index (κ1) is 12.2. The van der Waals surface area contributed by atoms with Crippen molar-refractivity contribution in [1.29, 1.82) is 0 Å². The van der Waals surface area contributed by atoms with Gasteiger partial charge in [0.2, 0.25) is 5.91 Å². The fourth-order valence-electron chi connectivity index (χ4n) is 2.25. The van der Waals surface area contributed by atoms with E-state index in [4.69, 9.17) is 0 Å². The highest BCUT2D eigenvalue weighted by Crippen LogP contribution is 2.39. The van der Waals surface area contributed by atoms with E-state index in [2.05, 4.69) is 51.2 Å². The molecule has 0 heterocycles. The minimum Gasteiger partial charge on any atom is -0.325 e. The van der Waals surface area contributed by atoms with Crippen LogP contribution in [0.2, 0.25) is 0 Å². The Kier molecular flexibility index (Phi) is 3.23. The maximum atomic E-state index is 12.0. The van der Waals surface area contributed by atoms with Gasteiger partial charge in [-0.3, -0.25) is 4.79 Å². The van der Waals surface area contributed by atoms with E-state index in [0.717, 1.165) is 17.7 Å². The van der Waals surface area contributed by atoms with Crippen molar-refractivity contribution in [2.75, 3.05) is 5.32 Å². The smallest absolute Gasteiger partial charge is 0.227 e. The van der Waals surface area contributed by atoms with E-state index in [9.17, 15) is 4.79 Å². The van der Waals surface area contributed by atoms with Crippen molar-refractivity contribution in [2.45, 2.75) is 40.0 Å². The van der Waals surface area contributed by atoms with E-state index < -0.39 is 0 Å². The lowest BCUT2D eigenvalue weighted by Crippen LogP contribution is -2.17. The molecule has 1 saturated carbocycles. The maximum Gasteiger partial charge on any atom is 0.227 e. The second-order valence-electron chi connectivity index (χ2n) is 5.50. The van der Waals surface area contributed by atoms with Crippen molar-refractivity contribution in [2.24, 2.45) is 11.8 Å². The second-order valence-corrected chi connectivity index (χ2v) is 5.50. The summed E-state index contributed by atoms with van der Waals surface area (Å²) in [5, 5.41) is 3.11. The highest BCUT2D eigenvalue weighted by molar-refractivity contribution is 5.95. The summed E-state index contributed by atoms with van der Waals surface area (Å²) >= 11 is 0. The minimum absolute atomic E-state index is 0.189. The monoisotopic (exact) mass is 231 g/mol. The number of rotatable bonds is 3. The highest BCUT2D eigenvalue weighted by Gasteiger charge is 2.39. The predicted octanol–water partition coefficient (Wildman–Crippen LogP) is 3.71. The van der Waals surface area contributed by atoms with Crippen LogP contribution >= 0.6 is 0 Å². The number of benzene rings is 1. The van der Waals surface area contributed by atoms with Gasteiger partial charge in [-0.05, 0) is 36.3 Å². The zero-order valence-corrected chi connectivity index (χ0v) is 11.1. The van der Waals surface area contributed by atoms with Crippen LogP contribution in [0.5, 0.6) is 0 Å². The molecule has 2 heteroatoms. The number of anilines is 1. The van der Waals surface area contributed by atoms with E-state index in [-0.39, 0.29) is 11.8 Å². The van der Waals surface area contributed by atoms with Crippen LogP contribution in [0.1, 0.15) is 44.2 Å². The number of carbonyl (C=O) groups excluding carboxylic acids is 1. The number of para-hydroxylation sites is 1. The Morgan fingerprint density at radius 3 is 2.59 bits per heavy atom. The molecule has 0 bridgehead atoms. The second kappa shape index (κ2) is 4.52. The molecule has 17 heavy (non-hydrogen) atoms. The van der Waals surface area contributed by atoms with Crippen LogP contribution in [0, 0.1) is 18.8 Å². The van der Waals surface area contributed by atoms with Crippen molar-refractivity contribution in [3.63, 3.8) is 0 Å². The molecule has 1 aliphatic rings. The van der Waals surface area contributed by atoms with Gasteiger partial charge in [0.05, 0.1) is 0 Å². The molecule has 1 aromatic carbocycles. The van der Waals surface area contributed by atoms with E-state index in [1.165, 1.54) is 5.56 Å². The normalized spacial score (nSPS) is 22.6. The van der Waals surface area contributed by atoms with Gasteiger partial charge in [-0.1, -0.05) is 39.0 Å². The lowest BCUT2D eigenvalue weighted by Gasteiger charge is -2.16. The average Bonchev–Trinajstić information content (AvgIpc) is 2.98. The standard InChI is InChI=1S/C15H21NO/c1-9(2)12-7-5-6-10(3)14(12)16-15(17)13-8-11(13)4/h5-7,9,11,13H,8H2,1-4H3,(H,16,17)/t11-,13+/m1/s1. The summed E-state index contributed by atoms with van der Waals surface area (Å²) in [5.41, 5.74) is 3.40. The number of carbonyl (C=O) groups is 1. The SMILES string of the molecule is Cc1cccc(C(C)C)c1NC(=O)[C@H]1C[C@H]1C. The van der Waals surface area contributed by atoms with Gasteiger partial charge in [-0.25, -0.2) is 0 Å². The van der Waals surface area contributed by atoms with E-state index in [0.29, 0.717) is 11.8 Å². The van der Waals surface area contributed by atoms with Gasteiger partial charge in [0, 0.05) is 11.6 Å². The van der Waals surface area contributed by atoms with Gasteiger partial charge in [0.25, 0.3) is 0 Å². The largest absolute Gasteiger partial charge is 0.325 e. The van der Waals surface area contributed by atoms with Gasteiger partial charge < -0.3 is 5.32 Å². The summed E-state index contributed by atoms with van der Waals surface area (Å²) in [4.78, 5) is 12.0. The first-order valence-electron chi connectivity index (χ1n) is 6.41. The molecule has 2 atom stereocenters. The number of hydrogen-bond acceptors (Lipinski definition) is 1. The van der Waals surface area contributed by atoms with Crippen molar-refractivity contribution in [3.05, 3.63) is 29.3 Å². The lowest BCUT2D eigenvalue weighted by atomic mass is 9.98. The molecule has 2 nitrogen and oxygen atoms in total. The number of nitrogens with one attached hydrogen (secondary N) is 1. The molecule has 1 fully saturated rings. The zero-order chi connectivity index (χ0) is 12.6. The van der Waals surface area contributed by atoms with Crippen molar-refractivity contribution in [1.82, 2.24) is 0 Å². The number of hydrogen-bond donors (Lipinski definition) is 1. The van der Waals surface area contributed by atoms with Crippen molar-refractivity contribution in [3.8, 4) is 0 Å². The quantitative estimate of drug-likeness (QED) is 0.844. The maximum absolute atomic E-state index is 12.0. The van der Waals surface area contributed by atoms with Crippen molar-refractivity contribution < 1.29 is 4.79 Å². The third-order valence-corrected chi connectivity index (χ3v) is 3.62. The van der Waals surface area contributed by atoms with E-state index in [1.54, 1.807) is 0 Å². The molecule has 92 valence electrons. The first-order chi connectivity index (χ1) is 8.00. The molecule has 2 rings (SSSR count). The molecule has 1 aliphatic carbocycles. The average molecular weight is 231 g/mol. The third kappa shape index (κ3) is 2.51. The summed E-state index contributed by atoms with van der Waals surface area (Å²) in [6.07, 6.45) is 1.04. The summed E-state index contributed by atoms with van der Waals surface area (Å²) in [6, 6.07) is 6.21. The molecule has 0 unspecified atom stereocenters. The molecule has 0 spiro atoms. The van der Waals surface area contributed by atoms with Crippen LogP contribution in [0.4, 0.5) is 5.69 Å². The minimum atomic E-state index is 0.189. The highest BCUT2D eigenvalue weighted by atomic mass is 16.2. The van der Waals surface area contributed by atoms with Crippen LogP contribution < -0.4 is 5.32 Å². The van der Waals surface area contributed by atoms with Crippen LogP contribution in [-0.2, 0) is 4.79 Å². The number of aryl methyl sites for hydroxylation is 1. The molecule has 1 N–H and O–H groups in total. The summed E-state index contributed by atoms with van der Waals surface area (Å²) in [7, 11) is 0. The Bertz CT molecular complexity index is 437. The van der Waals surface area contributed by atoms with Crippen molar-refractivity contribution >= 4 is 11.6 Å². The third-order valence-electron chi connectivity index (χ3n) is 3.62. The van der Waals surface area contributed by atoms with E-state index in [1.807, 2.05) is 0 Å². The topological polar surface area (TPSA) is 29.1 Å². The fraction of sp³-hybridized carbons (Fsp3) is 0.533. The Morgan fingerprint density at radius 1 is 1.41 bits per heavy atom. The Labute approximate surface area is 103 Å². The Morgan fingerprint density at radius 2 is 2.06 bits per heavy atom. The van der Waals surface area contributed by atoms with Gasteiger partial charge in [0.1, 0.15) is 0 Å². The number of amides is 1. The Hall–Kier alpha value is -1.31. The molecular weight excluding hydrogens is 210 g/mol. The van der Waals surface area contributed by atoms with E-state index >= 15 is 0 Å². The summed E-state index contributed by atoms with van der Waals surface area (Å²) in [6.45, 7) is 8.50. The van der Waals surface area contributed by atoms with Gasteiger partial charge in [-0.2, -0.15) is 0 Å². The molecule has 1 amide bonds. The zero-order valence-electron chi connectivity index (χ0n) is 11.1. The van der Waals surface area contributed by atoms with Crippen LogP contribution in [-0.4, -0.2) is 5.91 Å². The van der Waals surface area contributed by atoms with Crippen LogP contribution in [0.15, 0.2) is 18.2 Å². The predicted molar refractivity (Wildman–Crippen MR) is 71.2 cm³/mol. The summed E-state index contributed by atoms with van der Waals surface area (Å²) in [5.74, 6) is 1.41. The van der Waals surface area contributed by atoms with Gasteiger partial charge >= 0.3 is 0 Å². The molecule has 0 radical (unpaired) electrons. The fourth-order valence-corrected chi connectivity index (χ4v) is 2.25. The molecule has 1 aromatic rings. The molecular formula is C15H21NO. The van der Waals surface area contributed by atoms with Gasteiger partial charge in [0.15, 0.2) is 0 Å². The molecule has 0 saturated heterocycles. The van der Waals surface area contributed by atoms with Crippen LogP contribution in [0.25, 0.3) is 0 Å². The first-order valence-corrected chi connectivity index (χ1v) is 6.41. The Balaban J connectivity index is 2.22. The molecule has 0 aliphatic heterocycles. The lowest BCUT2D eigenvalue weighted by molar-refractivity contribution is -0.117. The molecule has 0 aromatic heterocycles. The van der Waals surface area contributed by atoms with Crippen LogP contribution in [0.3, 0.4) is 0 Å². The summed E-state index contributed by atoms with van der Waals surface area (Å²) < 4.78 is 0. The van der Waals surface area contributed by atoms with Gasteiger partial charge in [-0.15, -0.1) is 0 Å².